The van der Waals surface area contributed by atoms with E-state index < -0.39 is 0 Å². The van der Waals surface area contributed by atoms with E-state index in [-0.39, 0.29) is 6.04 Å². The van der Waals surface area contributed by atoms with Crippen LogP contribution in [-0.4, -0.2) is 13.2 Å². The van der Waals surface area contributed by atoms with E-state index >= 15 is 0 Å². The number of nitrogens with one attached hydrogen (secondary N) is 1. The second kappa shape index (κ2) is 4.86. The Bertz CT molecular complexity index is 507. The highest BCUT2D eigenvalue weighted by atomic mass is 16.5. The smallest absolute Gasteiger partial charge is 0.122 e. The van der Waals surface area contributed by atoms with Gasteiger partial charge in [-0.15, -0.1) is 0 Å². The Hall–Kier alpha value is -1.74. The molecule has 2 aromatic rings. The second-order valence-corrected chi connectivity index (χ2v) is 4.69. The Morgan fingerprint density at radius 2 is 2.17 bits per heavy atom. The fourth-order valence-electron chi connectivity index (χ4n) is 2.36. The van der Waals surface area contributed by atoms with Crippen molar-refractivity contribution in [3.05, 3.63) is 54.0 Å². The molecule has 1 N–H and O–H groups in total. The minimum absolute atomic E-state index is 0.229. The molecule has 2 heterocycles. The summed E-state index contributed by atoms with van der Waals surface area (Å²) >= 11 is 0. The topological polar surface area (TPSA) is 34.4 Å². The van der Waals surface area contributed by atoms with Crippen molar-refractivity contribution in [2.24, 2.45) is 0 Å². The third kappa shape index (κ3) is 2.14. The average molecular weight is 243 g/mol. The molecule has 0 spiro atoms. The maximum absolute atomic E-state index is 5.67. The van der Waals surface area contributed by atoms with Crippen molar-refractivity contribution in [3.8, 4) is 5.75 Å². The molecule has 3 heteroatoms. The van der Waals surface area contributed by atoms with Crippen LogP contribution in [0.1, 0.15) is 30.2 Å². The standard InChI is InChI=1S/C15H17NO2/c1-11(14-7-4-8-17-14)16-9-12-10-18-15-6-3-2-5-13(12)15/h2-8,11-12,16H,9-10H2,1H3. The molecule has 0 radical (unpaired) electrons. The maximum atomic E-state index is 5.67. The van der Waals surface area contributed by atoms with E-state index in [0.717, 1.165) is 24.7 Å². The van der Waals surface area contributed by atoms with Gasteiger partial charge in [-0.25, -0.2) is 0 Å². The highest BCUT2D eigenvalue weighted by Crippen LogP contribution is 2.33. The summed E-state index contributed by atoms with van der Waals surface area (Å²) in [4.78, 5) is 0. The Morgan fingerprint density at radius 1 is 1.28 bits per heavy atom. The Kier molecular flexibility index (Phi) is 3.07. The van der Waals surface area contributed by atoms with Gasteiger partial charge in [-0.3, -0.25) is 0 Å². The third-order valence-corrected chi connectivity index (χ3v) is 3.44. The van der Waals surface area contributed by atoms with E-state index in [9.17, 15) is 0 Å². The van der Waals surface area contributed by atoms with Gasteiger partial charge in [0.2, 0.25) is 0 Å². The molecule has 1 aromatic carbocycles. The second-order valence-electron chi connectivity index (χ2n) is 4.69. The lowest BCUT2D eigenvalue weighted by molar-refractivity contribution is 0.319. The molecule has 0 aliphatic carbocycles. The van der Waals surface area contributed by atoms with Crippen LogP contribution in [0.3, 0.4) is 0 Å². The van der Waals surface area contributed by atoms with Gasteiger partial charge in [0, 0.05) is 18.0 Å². The number of fused-ring (bicyclic) bond motifs is 1. The zero-order valence-electron chi connectivity index (χ0n) is 10.4. The molecule has 1 aliphatic heterocycles. The molecule has 18 heavy (non-hydrogen) atoms. The van der Waals surface area contributed by atoms with Crippen LogP contribution in [0.2, 0.25) is 0 Å². The molecule has 1 aromatic heterocycles. The number of ether oxygens (including phenoxy) is 1. The minimum atomic E-state index is 0.229. The maximum Gasteiger partial charge on any atom is 0.122 e. The molecule has 0 fully saturated rings. The normalized spacial score (nSPS) is 19.3. The van der Waals surface area contributed by atoms with Crippen LogP contribution < -0.4 is 10.1 Å². The van der Waals surface area contributed by atoms with Gasteiger partial charge in [-0.05, 0) is 25.1 Å². The number of hydrogen-bond donors (Lipinski definition) is 1. The van der Waals surface area contributed by atoms with E-state index in [4.69, 9.17) is 9.15 Å². The molecule has 0 amide bonds. The number of para-hydroxylation sites is 1. The quantitative estimate of drug-likeness (QED) is 0.896. The van der Waals surface area contributed by atoms with E-state index in [1.807, 2.05) is 24.3 Å². The Balaban J connectivity index is 1.62. The molecule has 3 nitrogen and oxygen atoms in total. The third-order valence-electron chi connectivity index (χ3n) is 3.44. The van der Waals surface area contributed by atoms with Crippen molar-refractivity contribution < 1.29 is 9.15 Å². The van der Waals surface area contributed by atoms with Gasteiger partial charge in [0.1, 0.15) is 11.5 Å². The minimum Gasteiger partial charge on any atom is -0.493 e. The van der Waals surface area contributed by atoms with Gasteiger partial charge in [-0.1, -0.05) is 18.2 Å². The fourth-order valence-corrected chi connectivity index (χ4v) is 2.36. The molecule has 2 unspecified atom stereocenters. The largest absolute Gasteiger partial charge is 0.493 e. The van der Waals surface area contributed by atoms with Crippen LogP contribution >= 0.6 is 0 Å². The zero-order chi connectivity index (χ0) is 12.4. The lowest BCUT2D eigenvalue weighted by Crippen LogP contribution is -2.25. The summed E-state index contributed by atoms with van der Waals surface area (Å²) in [6.45, 7) is 3.77. The first kappa shape index (κ1) is 11.4. The van der Waals surface area contributed by atoms with Crippen molar-refractivity contribution in [2.45, 2.75) is 18.9 Å². The summed E-state index contributed by atoms with van der Waals surface area (Å²) in [5, 5.41) is 3.49. The number of furan rings is 1. The van der Waals surface area contributed by atoms with Crippen LogP contribution in [0.25, 0.3) is 0 Å². The van der Waals surface area contributed by atoms with Gasteiger partial charge in [0.25, 0.3) is 0 Å². The average Bonchev–Trinajstić information content (AvgIpc) is 3.06. The molecule has 0 bridgehead atoms. The zero-order valence-corrected chi connectivity index (χ0v) is 10.4. The summed E-state index contributed by atoms with van der Waals surface area (Å²) in [6.07, 6.45) is 1.71. The summed E-state index contributed by atoms with van der Waals surface area (Å²) < 4.78 is 11.1. The van der Waals surface area contributed by atoms with Gasteiger partial charge in [0.05, 0.1) is 18.9 Å². The highest BCUT2D eigenvalue weighted by Gasteiger charge is 2.23. The van der Waals surface area contributed by atoms with E-state index in [1.54, 1.807) is 6.26 Å². The molecule has 94 valence electrons. The number of benzene rings is 1. The van der Waals surface area contributed by atoms with E-state index in [0.29, 0.717) is 5.92 Å². The van der Waals surface area contributed by atoms with Crippen LogP contribution in [0.15, 0.2) is 47.1 Å². The predicted molar refractivity (Wildman–Crippen MR) is 69.8 cm³/mol. The lowest BCUT2D eigenvalue weighted by Gasteiger charge is -2.14. The summed E-state index contributed by atoms with van der Waals surface area (Å²) in [5.41, 5.74) is 1.30. The first-order chi connectivity index (χ1) is 8.84. The predicted octanol–water partition coefficient (Wildman–Crippen LogP) is 3.11. The Morgan fingerprint density at radius 3 is 3.00 bits per heavy atom. The van der Waals surface area contributed by atoms with Gasteiger partial charge < -0.3 is 14.5 Å². The van der Waals surface area contributed by atoms with Gasteiger partial charge in [0.15, 0.2) is 0 Å². The van der Waals surface area contributed by atoms with Crippen molar-refractivity contribution in [1.82, 2.24) is 5.32 Å². The van der Waals surface area contributed by atoms with Crippen LogP contribution in [-0.2, 0) is 0 Å². The van der Waals surface area contributed by atoms with E-state index in [1.165, 1.54) is 5.56 Å². The van der Waals surface area contributed by atoms with E-state index in [2.05, 4.69) is 24.4 Å². The van der Waals surface area contributed by atoms with Crippen LogP contribution in [0.5, 0.6) is 5.75 Å². The monoisotopic (exact) mass is 243 g/mol. The molecule has 0 saturated carbocycles. The van der Waals surface area contributed by atoms with Crippen LogP contribution in [0, 0.1) is 0 Å². The fraction of sp³-hybridized carbons (Fsp3) is 0.333. The molecule has 1 aliphatic rings. The lowest BCUT2D eigenvalue weighted by atomic mass is 10.0. The molecule has 0 saturated heterocycles. The molecule has 3 rings (SSSR count). The summed E-state index contributed by atoms with van der Waals surface area (Å²) in [5.74, 6) is 2.43. The first-order valence-corrected chi connectivity index (χ1v) is 6.33. The molecular weight excluding hydrogens is 226 g/mol. The van der Waals surface area contributed by atoms with Crippen molar-refractivity contribution in [3.63, 3.8) is 0 Å². The van der Waals surface area contributed by atoms with Crippen LogP contribution in [0.4, 0.5) is 0 Å². The molecule has 2 atom stereocenters. The Labute approximate surface area is 107 Å². The van der Waals surface area contributed by atoms with Crippen molar-refractivity contribution in [1.29, 1.82) is 0 Å². The van der Waals surface area contributed by atoms with Gasteiger partial charge >= 0.3 is 0 Å². The highest BCUT2D eigenvalue weighted by molar-refractivity contribution is 5.39. The first-order valence-electron chi connectivity index (χ1n) is 6.33. The summed E-state index contributed by atoms with van der Waals surface area (Å²) in [7, 11) is 0. The van der Waals surface area contributed by atoms with Crippen molar-refractivity contribution in [2.75, 3.05) is 13.2 Å². The number of rotatable bonds is 4. The van der Waals surface area contributed by atoms with Gasteiger partial charge in [-0.2, -0.15) is 0 Å². The SMILES string of the molecule is CC(NCC1COc2ccccc21)c1ccco1. The van der Waals surface area contributed by atoms with Crippen molar-refractivity contribution >= 4 is 0 Å². The summed E-state index contributed by atoms with van der Waals surface area (Å²) in [6, 6.07) is 12.4. The molecular formula is C15H17NO2. The number of hydrogen-bond acceptors (Lipinski definition) is 3.